The molecule has 3 aliphatic rings. The van der Waals surface area contributed by atoms with Crippen molar-refractivity contribution in [1.29, 1.82) is 0 Å². The number of morpholine rings is 1. The highest BCUT2D eigenvalue weighted by atomic mass is 19.1. The van der Waals surface area contributed by atoms with Crippen molar-refractivity contribution in [3.8, 4) is 0 Å². The van der Waals surface area contributed by atoms with Crippen LogP contribution in [0.4, 0.5) is 15.8 Å². The van der Waals surface area contributed by atoms with Crippen molar-refractivity contribution in [3.63, 3.8) is 0 Å². The summed E-state index contributed by atoms with van der Waals surface area (Å²) < 4.78 is 25.6. The number of ether oxygens (including phenoxy) is 2. The Labute approximate surface area is 250 Å². The summed E-state index contributed by atoms with van der Waals surface area (Å²) in [5.41, 5.74) is 4.59. The molecule has 6 rings (SSSR count). The summed E-state index contributed by atoms with van der Waals surface area (Å²) in [5, 5.41) is 6.67. The predicted molar refractivity (Wildman–Crippen MR) is 159 cm³/mol. The van der Waals surface area contributed by atoms with Gasteiger partial charge in [0.15, 0.2) is 0 Å². The summed E-state index contributed by atoms with van der Waals surface area (Å²) in [4.78, 5) is 32.2. The molecule has 222 valence electrons. The highest BCUT2D eigenvalue weighted by Gasteiger charge is 2.54. The van der Waals surface area contributed by atoms with Gasteiger partial charge in [-0.25, -0.2) is 4.39 Å². The van der Waals surface area contributed by atoms with Crippen LogP contribution in [0.3, 0.4) is 0 Å². The van der Waals surface area contributed by atoms with E-state index in [0.29, 0.717) is 17.7 Å². The molecular formula is C34H34FN3O5. The van der Waals surface area contributed by atoms with Crippen molar-refractivity contribution in [2.24, 2.45) is 0 Å². The van der Waals surface area contributed by atoms with Crippen LogP contribution in [0.2, 0.25) is 0 Å². The van der Waals surface area contributed by atoms with Crippen molar-refractivity contribution in [2.75, 3.05) is 36.9 Å². The summed E-state index contributed by atoms with van der Waals surface area (Å²) >= 11 is 0. The number of halogens is 1. The maximum absolute atomic E-state index is 13.5. The molecule has 0 saturated carbocycles. The average molecular weight is 584 g/mol. The van der Waals surface area contributed by atoms with Crippen LogP contribution in [0.25, 0.3) is 0 Å². The lowest BCUT2D eigenvalue weighted by molar-refractivity contribution is -0.191. The molecule has 3 atom stereocenters. The highest BCUT2D eigenvalue weighted by molar-refractivity contribution is 6.06. The van der Waals surface area contributed by atoms with Crippen LogP contribution in [0.15, 0.2) is 102 Å². The van der Waals surface area contributed by atoms with E-state index in [1.807, 2.05) is 36.4 Å². The van der Waals surface area contributed by atoms with Gasteiger partial charge in [-0.3, -0.25) is 9.69 Å². The Bertz CT molecular complexity index is 1500. The number of carbonyl (C=O) groups excluding carboxylic acids is 3. The lowest BCUT2D eigenvalue weighted by atomic mass is 9.77. The monoisotopic (exact) mass is 583 g/mol. The van der Waals surface area contributed by atoms with Gasteiger partial charge in [-0.15, -0.1) is 0 Å². The fourth-order valence-electron chi connectivity index (χ4n) is 6.00. The van der Waals surface area contributed by atoms with Gasteiger partial charge in [0.2, 0.25) is 0 Å². The number of hydrogen-bond donors (Lipinski definition) is 2. The topological polar surface area (TPSA) is 97.0 Å². The Morgan fingerprint density at radius 2 is 1.67 bits per heavy atom. The van der Waals surface area contributed by atoms with Crippen LogP contribution in [0.5, 0.6) is 0 Å². The van der Waals surface area contributed by atoms with E-state index in [2.05, 4.69) is 52.8 Å². The van der Waals surface area contributed by atoms with Crippen molar-refractivity contribution in [1.82, 2.24) is 4.90 Å². The van der Waals surface area contributed by atoms with Gasteiger partial charge in [0.05, 0.1) is 24.8 Å². The number of anilines is 2. The number of nitrogens with one attached hydrogen (secondary N) is 2. The lowest BCUT2D eigenvalue weighted by Crippen LogP contribution is -2.40. The molecule has 1 fully saturated rings. The van der Waals surface area contributed by atoms with Crippen molar-refractivity contribution in [3.05, 3.63) is 119 Å². The van der Waals surface area contributed by atoms with Gasteiger partial charge in [-0.1, -0.05) is 55.5 Å². The zero-order valence-electron chi connectivity index (χ0n) is 23.9. The van der Waals surface area contributed by atoms with Crippen LogP contribution < -0.4 is 10.6 Å². The molecule has 8 nitrogen and oxygen atoms in total. The first-order valence-corrected chi connectivity index (χ1v) is 14.3. The van der Waals surface area contributed by atoms with E-state index in [9.17, 15) is 9.18 Å². The molecule has 3 aliphatic heterocycles. The van der Waals surface area contributed by atoms with E-state index < -0.39 is 11.7 Å². The standard InChI is InChI=1S/C33H34FN3O3.CO2/c1-2-28-30(32(38)36-27-14-12-25(34)13-15-27)29-16-17-33(28,40-29)31(35-26-6-4-3-5-7-26)24-10-8-23(9-11-24)22-37-18-20-39-21-19-37;2-1-3/h3-17,29,31,35H,2,18-22H2,1H3,(H,36,38);. The van der Waals surface area contributed by atoms with Crippen LogP contribution in [-0.2, 0) is 30.4 Å². The van der Waals surface area contributed by atoms with Gasteiger partial charge in [-0.2, -0.15) is 9.59 Å². The van der Waals surface area contributed by atoms with E-state index in [0.717, 1.165) is 49.7 Å². The second-order valence-electron chi connectivity index (χ2n) is 10.6. The minimum absolute atomic E-state index is 0.223. The Morgan fingerprint density at radius 1 is 1.00 bits per heavy atom. The number of para-hydroxylation sites is 1. The zero-order valence-corrected chi connectivity index (χ0v) is 23.9. The SMILES string of the molecule is CCC1=C(C(=O)Nc2ccc(F)cc2)C2C=CC1(C(Nc1ccccc1)c1ccc(CN3CCOCC3)cc1)O2.O=C=O. The van der Waals surface area contributed by atoms with Crippen molar-refractivity contribution < 1.29 is 28.2 Å². The second kappa shape index (κ2) is 13.7. The molecule has 1 saturated heterocycles. The third-order valence-electron chi connectivity index (χ3n) is 7.96. The normalized spacial score (nSPS) is 21.5. The summed E-state index contributed by atoms with van der Waals surface area (Å²) in [6.45, 7) is 6.38. The highest BCUT2D eigenvalue weighted by Crippen LogP contribution is 2.52. The van der Waals surface area contributed by atoms with Gasteiger partial charge in [0.25, 0.3) is 5.91 Å². The first-order chi connectivity index (χ1) is 21.0. The summed E-state index contributed by atoms with van der Waals surface area (Å²) in [6, 6.07) is 24.3. The number of amides is 1. The summed E-state index contributed by atoms with van der Waals surface area (Å²) in [5.74, 6) is -0.568. The van der Waals surface area contributed by atoms with E-state index in [-0.39, 0.29) is 23.9 Å². The first kappa shape index (κ1) is 30.1. The number of nitrogens with zero attached hydrogens (tertiary/aromatic N) is 1. The second-order valence-corrected chi connectivity index (χ2v) is 10.6. The molecule has 2 N–H and O–H groups in total. The van der Waals surface area contributed by atoms with Crippen LogP contribution >= 0.6 is 0 Å². The molecule has 0 spiro atoms. The maximum Gasteiger partial charge on any atom is 0.373 e. The number of rotatable bonds is 9. The summed E-state index contributed by atoms with van der Waals surface area (Å²) in [6.07, 6.45) is 4.53. The Kier molecular flexibility index (Phi) is 9.59. The summed E-state index contributed by atoms with van der Waals surface area (Å²) in [7, 11) is 0. The molecule has 0 aliphatic carbocycles. The van der Waals surface area contributed by atoms with E-state index in [1.165, 1.54) is 17.7 Å². The number of fused-ring (bicyclic) bond motifs is 2. The number of carbonyl (C=O) groups is 1. The van der Waals surface area contributed by atoms with Crippen LogP contribution in [-0.4, -0.2) is 55.0 Å². The Morgan fingerprint density at radius 3 is 2.33 bits per heavy atom. The maximum atomic E-state index is 13.5. The van der Waals surface area contributed by atoms with Gasteiger partial charge in [-0.05, 0) is 65.6 Å². The minimum Gasteiger partial charge on any atom is -0.379 e. The lowest BCUT2D eigenvalue weighted by Gasteiger charge is -2.37. The van der Waals surface area contributed by atoms with Crippen LogP contribution in [0.1, 0.15) is 30.5 Å². The molecular weight excluding hydrogens is 549 g/mol. The molecule has 43 heavy (non-hydrogen) atoms. The Hall–Kier alpha value is -4.40. The fourth-order valence-corrected chi connectivity index (χ4v) is 6.00. The number of hydrogen-bond acceptors (Lipinski definition) is 7. The number of benzene rings is 3. The molecule has 0 radical (unpaired) electrons. The smallest absolute Gasteiger partial charge is 0.373 e. The van der Waals surface area contributed by atoms with Gasteiger partial charge in [0.1, 0.15) is 17.5 Å². The quantitative estimate of drug-likeness (QED) is 0.331. The van der Waals surface area contributed by atoms with Crippen molar-refractivity contribution >= 4 is 23.4 Å². The molecule has 3 aromatic carbocycles. The third-order valence-corrected chi connectivity index (χ3v) is 7.96. The fraction of sp³-hybridized carbons (Fsp3) is 0.294. The third kappa shape index (κ3) is 6.66. The zero-order chi connectivity index (χ0) is 30.2. The van der Waals surface area contributed by atoms with Gasteiger partial charge in [0, 0.05) is 31.0 Å². The molecule has 0 aromatic heterocycles. The van der Waals surface area contributed by atoms with Crippen LogP contribution in [0, 0.1) is 5.82 Å². The molecule has 3 heterocycles. The first-order valence-electron chi connectivity index (χ1n) is 14.3. The van der Waals surface area contributed by atoms with Gasteiger partial charge < -0.3 is 20.1 Å². The minimum atomic E-state index is -0.823. The van der Waals surface area contributed by atoms with E-state index >= 15 is 0 Å². The molecule has 1 amide bonds. The average Bonchev–Trinajstić information content (AvgIpc) is 3.61. The molecule has 3 unspecified atom stereocenters. The largest absolute Gasteiger partial charge is 0.379 e. The van der Waals surface area contributed by atoms with E-state index in [1.54, 1.807) is 12.1 Å². The molecule has 9 heteroatoms. The van der Waals surface area contributed by atoms with Crippen molar-refractivity contribution in [2.45, 2.75) is 37.6 Å². The van der Waals surface area contributed by atoms with E-state index in [4.69, 9.17) is 19.1 Å². The Balaban J connectivity index is 0.00000118. The molecule has 3 aromatic rings. The van der Waals surface area contributed by atoms with Gasteiger partial charge >= 0.3 is 6.15 Å². The molecule has 2 bridgehead atoms. The predicted octanol–water partition coefficient (Wildman–Crippen LogP) is 5.28.